The van der Waals surface area contributed by atoms with Gasteiger partial charge in [0.2, 0.25) is 17.6 Å². The summed E-state index contributed by atoms with van der Waals surface area (Å²) in [5.41, 5.74) is -1.66. The van der Waals surface area contributed by atoms with Crippen molar-refractivity contribution in [3.05, 3.63) is 105 Å². The molecule has 3 heterocycles. The molecule has 4 amide bonds. The fourth-order valence-electron chi connectivity index (χ4n) is 8.20. The Kier molecular flexibility index (Phi) is 7.28. The first-order valence-electron chi connectivity index (χ1n) is 15.3. The van der Waals surface area contributed by atoms with E-state index < -0.39 is 98.2 Å². The zero-order valence-corrected chi connectivity index (χ0v) is 27.6. The molecular weight excluding hydrogens is 726 g/mol. The lowest BCUT2D eigenvalue weighted by Crippen LogP contribution is -2.60. The summed E-state index contributed by atoms with van der Waals surface area (Å²) in [6, 6.07) is 13.1. The first kappa shape index (κ1) is 32.9. The molecule has 0 spiro atoms. The highest BCUT2D eigenvalue weighted by Crippen LogP contribution is 2.67. The number of carbonyl (C=O) groups is 4. The van der Waals surface area contributed by atoms with Crippen molar-refractivity contribution in [3.63, 3.8) is 0 Å². The van der Waals surface area contributed by atoms with Gasteiger partial charge in [-0.1, -0.05) is 54.1 Å². The Morgan fingerprint density at radius 3 is 2.18 bits per heavy atom. The summed E-state index contributed by atoms with van der Waals surface area (Å²) in [6.45, 7) is -0.0177. The third kappa shape index (κ3) is 4.08. The van der Waals surface area contributed by atoms with Gasteiger partial charge in [-0.25, -0.2) is 26.9 Å². The van der Waals surface area contributed by atoms with Crippen LogP contribution in [0.2, 0.25) is 0 Å². The van der Waals surface area contributed by atoms with Gasteiger partial charge in [0.25, 0.3) is 11.8 Å². The van der Waals surface area contributed by atoms with Crippen molar-refractivity contribution in [1.82, 2.24) is 4.90 Å². The van der Waals surface area contributed by atoms with E-state index in [-0.39, 0.29) is 34.8 Å². The van der Waals surface area contributed by atoms with Gasteiger partial charge in [0, 0.05) is 21.7 Å². The molecule has 1 N–H and O–H groups in total. The number of aromatic hydroxyl groups is 1. The predicted octanol–water partition coefficient (Wildman–Crippen LogP) is 7.07. The Hall–Kier alpha value is -4.33. The number of anilines is 1. The van der Waals surface area contributed by atoms with Crippen molar-refractivity contribution in [1.29, 1.82) is 0 Å². The van der Waals surface area contributed by atoms with Crippen LogP contribution < -0.4 is 4.90 Å². The SMILES string of the molecule is O=C1C2CC=C3C(CC4(Cl)C(=O)N(c5c(F)c(F)c(F)c(F)c5F)C(=O)C4(Cl)C3c3ccc4ccccc4c3O)C2C(=O)N1Cc1cccs1. The highest BCUT2D eigenvalue weighted by molar-refractivity contribution is 7.09. The summed E-state index contributed by atoms with van der Waals surface area (Å²) in [5, 5.41) is 14.3. The van der Waals surface area contributed by atoms with E-state index in [2.05, 4.69) is 0 Å². The summed E-state index contributed by atoms with van der Waals surface area (Å²) in [4.78, 5) is 52.7. The number of benzene rings is 3. The second-order valence-electron chi connectivity index (χ2n) is 12.8. The topological polar surface area (TPSA) is 95.0 Å². The second-order valence-corrected chi connectivity index (χ2v) is 15.0. The Morgan fingerprint density at radius 1 is 0.820 bits per heavy atom. The summed E-state index contributed by atoms with van der Waals surface area (Å²) in [5.74, 6) is -21.6. The molecule has 8 rings (SSSR count). The molecule has 256 valence electrons. The van der Waals surface area contributed by atoms with E-state index in [0.29, 0.717) is 10.8 Å². The lowest BCUT2D eigenvalue weighted by molar-refractivity contribution is -0.141. The number of hydrogen-bond donors (Lipinski definition) is 1. The molecule has 1 saturated carbocycles. The minimum absolute atomic E-state index is 0.00139. The number of halogens is 7. The van der Waals surface area contributed by atoms with E-state index in [4.69, 9.17) is 23.2 Å². The van der Waals surface area contributed by atoms with E-state index in [9.17, 15) is 37.5 Å². The van der Waals surface area contributed by atoms with E-state index in [1.165, 1.54) is 17.4 Å². The standard InChI is InChI=1S/C35H21Cl2F5N2O5S/c36-34-12-20-17(9-10-18-21(20)31(47)43(30(18)46)13-15-5-3-11-50-15)22(19-8-7-14-4-1-2-6-16(14)29(19)45)35(34,37)33(49)44(32(34)48)28-26(41)24(39)23(38)25(40)27(28)42/h1-9,11,18,20-22,45H,10,12-13H2. The van der Waals surface area contributed by atoms with Crippen molar-refractivity contribution in [2.24, 2.45) is 17.8 Å². The fraction of sp³-hybridized carbons (Fsp3) is 0.257. The summed E-state index contributed by atoms with van der Waals surface area (Å²) >= 11 is 15.7. The summed E-state index contributed by atoms with van der Waals surface area (Å²) in [6.07, 6.45) is 0.960. The quantitative estimate of drug-likeness (QED) is 0.0603. The summed E-state index contributed by atoms with van der Waals surface area (Å²) < 4.78 is 73.5. The van der Waals surface area contributed by atoms with Crippen LogP contribution in [-0.2, 0) is 25.7 Å². The number of likely N-dealkylation sites (tertiary alicyclic amines) is 1. The van der Waals surface area contributed by atoms with Gasteiger partial charge in [-0.2, -0.15) is 0 Å². The molecule has 3 aromatic carbocycles. The van der Waals surface area contributed by atoms with E-state index in [1.54, 1.807) is 53.9 Å². The van der Waals surface area contributed by atoms with Crippen molar-refractivity contribution in [2.75, 3.05) is 4.90 Å². The van der Waals surface area contributed by atoms with E-state index in [1.807, 2.05) is 0 Å². The van der Waals surface area contributed by atoms with Gasteiger partial charge in [-0.15, -0.1) is 34.5 Å². The Bertz CT molecular complexity index is 2220. The van der Waals surface area contributed by atoms with Crippen LogP contribution in [-0.4, -0.2) is 43.4 Å². The molecule has 4 aliphatic rings. The molecule has 2 aliphatic heterocycles. The molecule has 6 atom stereocenters. The maximum Gasteiger partial charge on any atom is 0.258 e. The highest BCUT2D eigenvalue weighted by atomic mass is 35.5. The molecule has 2 saturated heterocycles. The number of allylic oxidation sites excluding steroid dienone is 2. The molecule has 6 unspecified atom stereocenters. The lowest BCUT2D eigenvalue weighted by Gasteiger charge is -2.50. The Labute approximate surface area is 293 Å². The number of thiophene rings is 1. The molecule has 7 nitrogen and oxygen atoms in total. The number of amides is 4. The number of phenolic OH excluding ortho intramolecular Hbond substituents is 1. The number of hydrogen-bond acceptors (Lipinski definition) is 6. The number of nitrogens with zero attached hydrogens (tertiary/aromatic N) is 2. The largest absolute Gasteiger partial charge is 0.507 e. The summed E-state index contributed by atoms with van der Waals surface area (Å²) in [7, 11) is 0. The van der Waals surface area contributed by atoms with Crippen molar-refractivity contribution >= 4 is 74.6 Å². The Morgan fingerprint density at radius 2 is 1.50 bits per heavy atom. The third-order valence-electron chi connectivity index (χ3n) is 10.4. The molecule has 0 radical (unpaired) electrons. The minimum atomic E-state index is -2.73. The maximum absolute atomic E-state index is 15.3. The van der Waals surface area contributed by atoms with Gasteiger partial charge in [0.05, 0.1) is 18.4 Å². The number of phenols is 1. The van der Waals surface area contributed by atoms with Crippen molar-refractivity contribution in [2.45, 2.75) is 35.1 Å². The minimum Gasteiger partial charge on any atom is -0.507 e. The van der Waals surface area contributed by atoms with Crippen LogP contribution in [0.15, 0.2) is 65.6 Å². The monoisotopic (exact) mass is 746 g/mol. The molecule has 1 aromatic heterocycles. The van der Waals surface area contributed by atoms with Gasteiger partial charge in [0.15, 0.2) is 33.0 Å². The molecular formula is C35H21Cl2F5N2O5S. The van der Waals surface area contributed by atoms with Gasteiger partial charge < -0.3 is 5.11 Å². The number of rotatable bonds is 4. The molecule has 4 aromatic rings. The molecule has 50 heavy (non-hydrogen) atoms. The molecule has 15 heteroatoms. The molecule has 2 aliphatic carbocycles. The lowest BCUT2D eigenvalue weighted by atomic mass is 9.56. The van der Waals surface area contributed by atoms with Crippen LogP contribution in [0.3, 0.4) is 0 Å². The van der Waals surface area contributed by atoms with Crippen LogP contribution in [0.1, 0.15) is 29.2 Å². The number of carbonyl (C=O) groups excluding carboxylic acids is 4. The van der Waals surface area contributed by atoms with Gasteiger partial charge in [-0.05, 0) is 35.6 Å². The third-order valence-corrected chi connectivity index (χ3v) is 12.7. The molecule has 0 bridgehead atoms. The first-order valence-corrected chi connectivity index (χ1v) is 16.9. The fourth-order valence-corrected chi connectivity index (χ4v) is 9.82. The Balaban J connectivity index is 1.34. The van der Waals surface area contributed by atoms with E-state index in [0.717, 1.165) is 9.78 Å². The number of imide groups is 2. The number of fused-ring (bicyclic) bond motifs is 5. The van der Waals surface area contributed by atoms with Gasteiger partial charge in [0.1, 0.15) is 11.4 Å². The van der Waals surface area contributed by atoms with Crippen molar-refractivity contribution in [3.8, 4) is 5.75 Å². The average Bonchev–Trinajstić information content (AvgIpc) is 3.75. The van der Waals surface area contributed by atoms with Crippen LogP contribution in [0, 0.1) is 46.8 Å². The maximum atomic E-state index is 15.3. The van der Waals surface area contributed by atoms with Crippen LogP contribution in [0.5, 0.6) is 5.75 Å². The highest BCUT2D eigenvalue weighted by Gasteiger charge is 2.77. The van der Waals surface area contributed by atoms with Crippen LogP contribution in [0.25, 0.3) is 10.8 Å². The molecule has 3 fully saturated rings. The van der Waals surface area contributed by atoms with Crippen LogP contribution >= 0.6 is 34.5 Å². The first-order chi connectivity index (χ1) is 23.7. The van der Waals surface area contributed by atoms with E-state index >= 15 is 8.78 Å². The normalized spacial score (nSPS) is 29.1. The second kappa shape index (κ2) is 11.1. The van der Waals surface area contributed by atoms with Gasteiger partial charge >= 0.3 is 0 Å². The smallest absolute Gasteiger partial charge is 0.258 e. The number of alkyl halides is 2. The predicted molar refractivity (Wildman–Crippen MR) is 172 cm³/mol. The van der Waals surface area contributed by atoms with Crippen LogP contribution in [0.4, 0.5) is 27.6 Å². The zero-order valence-electron chi connectivity index (χ0n) is 25.2. The van der Waals surface area contributed by atoms with Gasteiger partial charge in [-0.3, -0.25) is 24.1 Å². The van der Waals surface area contributed by atoms with Crippen molar-refractivity contribution < 1.29 is 46.2 Å². The zero-order chi connectivity index (χ0) is 35.6. The average molecular weight is 748 g/mol.